The summed E-state index contributed by atoms with van der Waals surface area (Å²) in [5.74, 6) is 0.347. The van der Waals surface area contributed by atoms with Crippen LogP contribution in [-0.4, -0.2) is 42.5 Å². The van der Waals surface area contributed by atoms with Gasteiger partial charge in [-0.2, -0.15) is 0 Å². The van der Waals surface area contributed by atoms with Crippen LogP contribution in [0.2, 0.25) is 0 Å². The van der Waals surface area contributed by atoms with Crippen LogP contribution in [0.5, 0.6) is 5.75 Å². The summed E-state index contributed by atoms with van der Waals surface area (Å²) in [6, 6.07) is 17.1. The topological polar surface area (TPSA) is 58.6 Å². The number of carbonyl (C=O) groups excluding carboxylic acids is 2. The fourth-order valence-electron chi connectivity index (χ4n) is 3.12. The van der Waals surface area contributed by atoms with E-state index >= 15 is 0 Å². The van der Waals surface area contributed by atoms with Crippen molar-refractivity contribution in [1.29, 1.82) is 0 Å². The van der Waals surface area contributed by atoms with Crippen LogP contribution in [0.4, 0.5) is 0 Å². The summed E-state index contributed by atoms with van der Waals surface area (Å²) in [5.41, 5.74) is 2.20. The van der Waals surface area contributed by atoms with Crippen LogP contribution in [0, 0.1) is 6.92 Å². The van der Waals surface area contributed by atoms with Crippen molar-refractivity contribution in [3.63, 3.8) is 0 Å². The molecule has 2 aromatic carbocycles. The molecule has 0 aromatic heterocycles. The van der Waals surface area contributed by atoms with Gasteiger partial charge in [-0.25, -0.2) is 0 Å². The van der Waals surface area contributed by atoms with E-state index in [0.717, 1.165) is 11.1 Å². The Bertz CT molecular complexity index is 761. The van der Waals surface area contributed by atoms with E-state index in [9.17, 15) is 9.59 Å². The molecule has 0 heterocycles. The summed E-state index contributed by atoms with van der Waals surface area (Å²) in [6.07, 6.45) is 1.24. The summed E-state index contributed by atoms with van der Waals surface area (Å²) >= 11 is 0. The first kappa shape index (κ1) is 21.5. The summed E-state index contributed by atoms with van der Waals surface area (Å²) < 4.78 is 5.69. The van der Waals surface area contributed by atoms with E-state index in [0.29, 0.717) is 31.7 Å². The number of likely N-dealkylation sites (N-methyl/N-ethyl adjacent to an activating group) is 1. The van der Waals surface area contributed by atoms with Gasteiger partial charge in [-0.3, -0.25) is 9.59 Å². The van der Waals surface area contributed by atoms with E-state index in [1.807, 2.05) is 75.4 Å². The molecule has 2 amide bonds. The van der Waals surface area contributed by atoms with Gasteiger partial charge >= 0.3 is 0 Å². The molecule has 2 aromatic rings. The van der Waals surface area contributed by atoms with Crippen LogP contribution in [0.3, 0.4) is 0 Å². The second-order valence-electron chi connectivity index (χ2n) is 6.75. The first-order valence-corrected chi connectivity index (χ1v) is 9.85. The molecule has 0 fully saturated rings. The Balaban J connectivity index is 2.10. The third-order valence-corrected chi connectivity index (χ3v) is 4.57. The van der Waals surface area contributed by atoms with E-state index in [1.165, 1.54) is 0 Å². The number of amides is 2. The first-order valence-electron chi connectivity index (χ1n) is 9.85. The predicted molar refractivity (Wildman–Crippen MR) is 111 cm³/mol. The number of carbonyl (C=O) groups is 2. The summed E-state index contributed by atoms with van der Waals surface area (Å²) in [7, 11) is 0. The molecule has 1 N–H and O–H groups in total. The molecule has 1 atom stereocenters. The summed E-state index contributed by atoms with van der Waals surface area (Å²) in [4.78, 5) is 27.1. The molecule has 0 radical (unpaired) electrons. The Kier molecular flexibility index (Phi) is 8.53. The van der Waals surface area contributed by atoms with Gasteiger partial charge in [0.2, 0.25) is 5.91 Å². The van der Waals surface area contributed by atoms with Crippen LogP contribution in [-0.2, 0) is 16.0 Å². The maximum absolute atomic E-state index is 13.0. The molecule has 150 valence electrons. The maximum Gasteiger partial charge on any atom is 0.261 e. The van der Waals surface area contributed by atoms with E-state index in [4.69, 9.17) is 4.74 Å². The van der Waals surface area contributed by atoms with Crippen molar-refractivity contribution in [3.05, 3.63) is 65.7 Å². The van der Waals surface area contributed by atoms with Gasteiger partial charge in [-0.15, -0.1) is 0 Å². The standard InChI is InChI=1S/C23H30N2O3/c1-4-21(23(27)24-5-2)25(15-14-19-11-7-6-8-12-19)22(26)17-28-20-13-9-10-18(3)16-20/h6-13,16,21H,4-5,14-15,17H2,1-3H3,(H,24,27)/t21-/m0/s1. The molecular weight excluding hydrogens is 352 g/mol. The molecule has 0 saturated carbocycles. The highest BCUT2D eigenvalue weighted by Gasteiger charge is 2.28. The molecule has 0 aliphatic carbocycles. The number of hydrogen-bond donors (Lipinski definition) is 1. The third-order valence-electron chi connectivity index (χ3n) is 4.57. The van der Waals surface area contributed by atoms with Crippen molar-refractivity contribution in [3.8, 4) is 5.75 Å². The Hall–Kier alpha value is -2.82. The number of nitrogens with one attached hydrogen (secondary N) is 1. The van der Waals surface area contributed by atoms with Gasteiger partial charge in [0.25, 0.3) is 5.91 Å². The zero-order valence-corrected chi connectivity index (χ0v) is 17.0. The zero-order valence-electron chi connectivity index (χ0n) is 17.0. The smallest absolute Gasteiger partial charge is 0.261 e. The first-order chi connectivity index (χ1) is 13.5. The number of aryl methyl sites for hydroxylation is 1. The second kappa shape index (κ2) is 11.1. The minimum absolute atomic E-state index is 0.0891. The lowest BCUT2D eigenvalue weighted by atomic mass is 10.1. The predicted octanol–water partition coefficient (Wildman–Crippen LogP) is 3.36. The van der Waals surface area contributed by atoms with Gasteiger partial charge in [-0.1, -0.05) is 49.4 Å². The molecule has 0 spiro atoms. The van der Waals surface area contributed by atoms with E-state index in [1.54, 1.807) is 4.90 Å². The highest BCUT2D eigenvalue weighted by atomic mass is 16.5. The van der Waals surface area contributed by atoms with Crippen LogP contribution in [0.25, 0.3) is 0 Å². The van der Waals surface area contributed by atoms with Gasteiger partial charge in [0.05, 0.1) is 0 Å². The van der Waals surface area contributed by atoms with E-state index < -0.39 is 6.04 Å². The fraction of sp³-hybridized carbons (Fsp3) is 0.391. The molecule has 0 aliphatic rings. The van der Waals surface area contributed by atoms with E-state index in [2.05, 4.69) is 5.32 Å². The highest BCUT2D eigenvalue weighted by molar-refractivity contribution is 5.88. The normalized spacial score (nSPS) is 11.5. The Morgan fingerprint density at radius 2 is 1.82 bits per heavy atom. The van der Waals surface area contributed by atoms with Gasteiger partial charge in [0, 0.05) is 13.1 Å². The van der Waals surface area contributed by atoms with Gasteiger partial charge in [0.1, 0.15) is 11.8 Å². The highest BCUT2D eigenvalue weighted by Crippen LogP contribution is 2.14. The van der Waals surface area contributed by atoms with Crippen LogP contribution in [0.15, 0.2) is 54.6 Å². The van der Waals surface area contributed by atoms with Crippen LogP contribution < -0.4 is 10.1 Å². The number of rotatable bonds is 10. The van der Waals surface area contributed by atoms with Crippen molar-refractivity contribution in [2.45, 2.75) is 39.7 Å². The minimum Gasteiger partial charge on any atom is -0.484 e. The van der Waals surface area contributed by atoms with Gasteiger partial charge in [-0.05, 0) is 49.9 Å². The monoisotopic (exact) mass is 382 g/mol. The lowest BCUT2D eigenvalue weighted by Gasteiger charge is -2.30. The zero-order chi connectivity index (χ0) is 20.4. The molecule has 2 rings (SSSR count). The quantitative estimate of drug-likeness (QED) is 0.685. The summed E-state index contributed by atoms with van der Waals surface area (Å²) in [5, 5.41) is 2.84. The lowest BCUT2D eigenvalue weighted by Crippen LogP contribution is -2.51. The number of hydrogen-bond acceptors (Lipinski definition) is 3. The summed E-state index contributed by atoms with van der Waals surface area (Å²) in [6.45, 7) is 6.69. The third kappa shape index (κ3) is 6.41. The van der Waals surface area contributed by atoms with Crippen molar-refractivity contribution in [2.75, 3.05) is 19.7 Å². The molecule has 28 heavy (non-hydrogen) atoms. The van der Waals surface area contributed by atoms with Crippen molar-refractivity contribution in [1.82, 2.24) is 10.2 Å². The Morgan fingerprint density at radius 1 is 1.07 bits per heavy atom. The largest absolute Gasteiger partial charge is 0.484 e. The van der Waals surface area contributed by atoms with Crippen molar-refractivity contribution >= 4 is 11.8 Å². The number of nitrogens with zero attached hydrogens (tertiary/aromatic N) is 1. The molecule has 0 bridgehead atoms. The van der Waals surface area contributed by atoms with Gasteiger partial charge in [0.15, 0.2) is 6.61 Å². The van der Waals surface area contributed by atoms with Gasteiger partial charge < -0.3 is 15.0 Å². The maximum atomic E-state index is 13.0. The SMILES string of the molecule is CCNC(=O)[C@H](CC)N(CCc1ccccc1)C(=O)COc1cccc(C)c1. The lowest BCUT2D eigenvalue weighted by molar-refractivity contribution is -0.142. The average Bonchev–Trinajstić information content (AvgIpc) is 2.70. The molecule has 5 nitrogen and oxygen atoms in total. The Labute approximate surface area is 167 Å². The molecular formula is C23H30N2O3. The van der Waals surface area contributed by atoms with E-state index in [-0.39, 0.29) is 18.4 Å². The molecule has 0 saturated heterocycles. The number of benzene rings is 2. The fourth-order valence-corrected chi connectivity index (χ4v) is 3.12. The van der Waals surface area contributed by atoms with Crippen LogP contribution >= 0.6 is 0 Å². The minimum atomic E-state index is -0.503. The van der Waals surface area contributed by atoms with Crippen molar-refractivity contribution < 1.29 is 14.3 Å². The molecule has 0 aliphatic heterocycles. The Morgan fingerprint density at radius 3 is 2.46 bits per heavy atom. The van der Waals surface area contributed by atoms with Crippen LogP contribution in [0.1, 0.15) is 31.4 Å². The molecule has 5 heteroatoms. The second-order valence-corrected chi connectivity index (χ2v) is 6.75. The average molecular weight is 383 g/mol. The van der Waals surface area contributed by atoms with Crippen molar-refractivity contribution in [2.24, 2.45) is 0 Å². The number of ether oxygens (including phenoxy) is 1. The molecule has 0 unspecified atom stereocenters.